The van der Waals surface area contributed by atoms with Crippen LogP contribution in [-0.4, -0.2) is 39.6 Å². The molecule has 120 valence electrons. The van der Waals surface area contributed by atoms with Gasteiger partial charge in [0.25, 0.3) is 0 Å². The van der Waals surface area contributed by atoms with Gasteiger partial charge in [-0.25, -0.2) is 0 Å². The number of carbonyl (C=O) groups excluding carboxylic acids is 2. The highest BCUT2D eigenvalue weighted by Crippen LogP contribution is 2.44. The third-order valence-electron chi connectivity index (χ3n) is 4.90. The van der Waals surface area contributed by atoms with Crippen LogP contribution in [0.3, 0.4) is 0 Å². The number of primary amides is 1. The van der Waals surface area contributed by atoms with E-state index in [4.69, 9.17) is 5.73 Å². The highest BCUT2D eigenvalue weighted by molar-refractivity contribution is 5.83. The molecule has 22 heavy (non-hydrogen) atoms. The number of aromatic nitrogens is 2. The van der Waals surface area contributed by atoms with Crippen LogP contribution in [0.25, 0.3) is 0 Å². The number of rotatable bonds is 5. The third-order valence-corrected chi connectivity index (χ3v) is 4.90. The van der Waals surface area contributed by atoms with Crippen molar-refractivity contribution in [1.82, 2.24) is 14.7 Å². The second-order valence-electron chi connectivity index (χ2n) is 6.87. The van der Waals surface area contributed by atoms with Crippen molar-refractivity contribution in [2.24, 2.45) is 17.1 Å². The van der Waals surface area contributed by atoms with E-state index < -0.39 is 5.41 Å². The number of amides is 2. The van der Waals surface area contributed by atoms with Gasteiger partial charge in [0.2, 0.25) is 11.8 Å². The predicted octanol–water partition coefficient (Wildman–Crippen LogP) is 1.09. The maximum Gasteiger partial charge on any atom is 0.244 e. The summed E-state index contributed by atoms with van der Waals surface area (Å²) in [7, 11) is 0. The highest BCUT2D eigenvalue weighted by Gasteiger charge is 2.45. The molecule has 1 saturated heterocycles. The molecular weight excluding hydrogens is 280 g/mol. The van der Waals surface area contributed by atoms with Crippen LogP contribution in [0.4, 0.5) is 0 Å². The zero-order valence-corrected chi connectivity index (χ0v) is 13.1. The van der Waals surface area contributed by atoms with Gasteiger partial charge >= 0.3 is 0 Å². The van der Waals surface area contributed by atoms with Crippen LogP contribution in [-0.2, 0) is 16.1 Å². The molecule has 0 bridgehead atoms. The standard InChI is InChI=1S/C16H24N4O2/c1-12-5-8-20(18-12)10-14(21)19-7-2-6-16(11-19,15(17)22)9-13-3-4-13/h5,8,13H,2-4,6-7,9-11H2,1H3,(H2,17,22). The van der Waals surface area contributed by atoms with Crippen molar-refractivity contribution < 1.29 is 9.59 Å². The second kappa shape index (κ2) is 5.74. The minimum atomic E-state index is -0.519. The van der Waals surface area contributed by atoms with E-state index in [-0.39, 0.29) is 18.4 Å². The van der Waals surface area contributed by atoms with Gasteiger partial charge in [0.05, 0.1) is 11.1 Å². The number of nitrogens with zero attached hydrogens (tertiary/aromatic N) is 3. The Hall–Kier alpha value is -1.85. The molecule has 6 nitrogen and oxygen atoms in total. The first kappa shape index (κ1) is 15.1. The number of piperidine rings is 1. The van der Waals surface area contributed by atoms with Gasteiger partial charge in [-0.1, -0.05) is 12.8 Å². The molecule has 2 N–H and O–H groups in total. The molecule has 1 aliphatic heterocycles. The van der Waals surface area contributed by atoms with Crippen molar-refractivity contribution in [1.29, 1.82) is 0 Å². The molecule has 1 atom stereocenters. The lowest BCUT2D eigenvalue weighted by Crippen LogP contribution is -2.53. The van der Waals surface area contributed by atoms with Crippen molar-refractivity contribution in [3.63, 3.8) is 0 Å². The summed E-state index contributed by atoms with van der Waals surface area (Å²) in [4.78, 5) is 26.3. The minimum Gasteiger partial charge on any atom is -0.369 e. The Bertz CT molecular complexity index is 578. The molecule has 0 aromatic carbocycles. The van der Waals surface area contributed by atoms with Crippen molar-refractivity contribution in [3.05, 3.63) is 18.0 Å². The van der Waals surface area contributed by atoms with Gasteiger partial charge < -0.3 is 10.6 Å². The van der Waals surface area contributed by atoms with E-state index in [1.165, 1.54) is 12.8 Å². The largest absolute Gasteiger partial charge is 0.369 e. The van der Waals surface area contributed by atoms with Gasteiger partial charge in [0.15, 0.2) is 0 Å². The van der Waals surface area contributed by atoms with Crippen LogP contribution < -0.4 is 5.73 Å². The Balaban J connectivity index is 1.68. The van der Waals surface area contributed by atoms with Gasteiger partial charge in [0.1, 0.15) is 6.54 Å². The summed E-state index contributed by atoms with van der Waals surface area (Å²) in [5.41, 5.74) is 6.08. The second-order valence-corrected chi connectivity index (χ2v) is 6.87. The lowest BCUT2D eigenvalue weighted by atomic mass is 9.75. The molecule has 2 aliphatic rings. The Morgan fingerprint density at radius 2 is 2.23 bits per heavy atom. The molecule has 1 saturated carbocycles. The maximum atomic E-state index is 12.5. The molecule has 1 aromatic rings. The smallest absolute Gasteiger partial charge is 0.244 e. The molecule has 0 spiro atoms. The normalized spacial score (nSPS) is 25.2. The van der Waals surface area contributed by atoms with E-state index in [1.807, 2.05) is 19.2 Å². The molecule has 2 fully saturated rings. The number of hydrogen-bond donors (Lipinski definition) is 1. The summed E-state index contributed by atoms with van der Waals surface area (Å²) < 4.78 is 1.65. The molecular formula is C16H24N4O2. The van der Waals surface area contributed by atoms with E-state index in [0.29, 0.717) is 19.0 Å². The quantitative estimate of drug-likeness (QED) is 0.884. The minimum absolute atomic E-state index is 0.0178. The van der Waals surface area contributed by atoms with Crippen molar-refractivity contribution in [3.8, 4) is 0 Å². The fraction of sp³-hybridized carbons (Fsp3) is 0.688. The average Bonchev–Trinajstić information content (AvgIpc) is 3.19. The fourth-order valence-electron chi connectivity index (χ4n) is 3.48. The van der Waals surface area contributed by atoms with Gasteiger partial charge in [-0.3, -0.25) is 14.3 Å². The molecule has 1 unspecified atom stereocenters. The first-order chi connectivity index (χ1) is 10.5. The summed E-state index contributed by atoms with van der Waals surface area (Å²) in [5, 5.41) is 4.25. The van der Waals surface area contributed by atoms with Crippen LogP contribution in [0.5, 0.6) is 0 Å². The summed E-state index contributed by atoms with van der Waals surface area (Å²) in [5.74, 6) is 0.396. The number of hydrogen-bond acceptors (Lipinski definition) is 3. The first-order valence-electron chi connectivity index (χ1n) is 8.06. The third kappa shape index (κ3) is 3.15. The lowest BCUT2D eigenvalue weighted by molar-refractivity contribution is -0.141. The molecule has 6 heteroatoms. The van der Waals surface area contributed by atoms with Gasteiger partial charge in [0, 0.05) is 19.3 Å². The Morgan fingerprint density at radius 3 is 2.82 bits per heavy atom. The molecule has 3 rings (SSSR count). The molecule has 1 aromatic heterocycles. The van der Waals surface area contributed by atoms with Crippen LogP contribution in [0.1, 0.15) is 37.8 Å². The SMILES string of the molecule is Cc1ccn(CC(=O)N2CCCC(CC3CC3)(C(N)=O)C2)n1. The fourth-order valence-corrected chi connectivity index (χ4v) is 3.48. The monoisotopic (exact) mass is 304 g/mol. The Kier molecular flexibility index (Phi) is 3.93. The van der Waals surface area contributed by atoms with Crippen molar-refractivity contribution in [2.75, 3.05) is 13.1 Å². The van der Waals surface area contributed by atoms with Crippen molar-refractivity contribution in [2.45, 2.75) is 45.6 Å². The number of likely N-dealkylation sites (tertiary alicyclic amines) is 1. The van der Waals surface area contributed by atoms with Gasteiger partial charge in [-0.2, -0.15) is 5.10 Å². The predicted molar refractivity (Wildman–Crippen MR) is 81.7 cm³/mol. The summed E-state index contributed by atoms with van der Waals surface area (Å²) in [6, 6.07) is 1.88. The topological polar surface area (TPSA) is 81.2 Å². The van der Waals surface area contributed by atoms with E-state index >= 15 is 0 Å². The number of carbonyl (C=O) groups is 2. The zero-order chi connectivity index (χ0) is 15.7. The number of nitrogens with two attached hydrogens (primary N) is 1. The average molecular weight is 304 g/mol. The van der Waals surface area contributed by atoms with Crippen LogP contribution in [0.15, 0.2) is 12.3 Å². The van der Waals surface area contributed by atoms with E-state index in [1.54, 1.807) is 9.58 Å². The number of aryl methyl sites for hydroxylation is 1. The summed E-state index contributed by atoms with van der Waals surface area (Å²) in [6.45, 7) is 3.30. The van der Waals surface area contributed by atoms with E-state index in [9.17, 15) is 9.59 Å². The molecule has 1 aliphatic carbocycles. The van der Waals surface area contributed by atoms with Crippen LogP contribution >= 0.6 is 0 Å². The zero-order valence-electron chi connectivity index (χ0n) is 13.1. The van der Waals surface area contributed by atoms with Crippen molar-refractivity contribution >= 4 is 11.8 Å². The van der Waals surface area contributed by atoms with Gasteiger partial charge in [-0.05, 0) is 38.2 Å². The van der Waals surface area contributed by atoms with E-state index in [0.717, 1.165) is 25.0 Å². The highest BCUT2D eigenvalue weighted by atomic mass is 16.2. The lowest BCUT2D eigenvalue weighted by Gasteiger charge is -2.41. The summed E-state index contributed by atoms with van der Waals surface area (Å²) in [6.07, 6.45) is 6.68. The van der Waals surface area contributed by atoms with E-state index in [2.05, 4.69) is 5.10 Å². The van der Waals surface area contributed by atoms with Crippen LogP contribution in [0.2, 0.25) is 0 Å². The van der Waals surface area contributed by atoms with Crippen LogP contribution in [0, 0.1) is 18.3 Å². The van der Waals surface area contributed by atoms with Gasteiger partial charge in [-0.15, -0.1) is 0 Å². The Labute approximate surface area is 130 Å². The molecule has 2 amide bonds. The first-order valence-corrected chi connectivity index (χ1v) is 8.06. The summed E-state index contributed by atoms with van der Waals surface area (Å²) >= 11 is 0. The Morgan fingerprint density at radius 1 is 1.45 bits per heavy atom. The molecule has 2 heterocycles. The maximum absolute atomic E-state index is 12.5. The molecule has 0 radical (unpaired) electrons.